The molecule has 0 bridgehead atoms. The lowest BCUT2D eigenvalue weighted by molar-refractivity contribution is -0.274. The number of aromatic carboxylic acids is 1. The number of carboxylic acids is 1. The first-order valence-electron chi connectivity index (χ1n) is 5.66. The molecular weight excluding hydrogens is 289 g/mol. The molecule has 0 fully saturated rings. The summed E-state index contributed by atoms with van der Waals surface area (Å²) in [5, 5.41) is 11.6. The summed E-state index contributed by atoms with van der Waals surface area (Å²) >= 11 is 0. The van der Waals surface area contributed by atoms with Gasteiger partial charge in [0.1, 0.15) is 11.6 Å². The van der Waals surface area contributed by atoms with Gasteiger partial charge in [0.15, 0.2) is 0 Å². The van der Waals surface area contributed by atoms with Crippen LogP contribution in [0.2, 0.25) is 0 Å². The monoisotopic (exact) mass is 298 g/mol. The van der Waals surface area contributed by atoms with E-state index in [1.54, 1.807) is 0 Å². The smallest absolute Gasteiger partial charge is 0.478 e. The molecular formula is C13H9F3N2O3. The molecule has 1 aromatic carbocycles. The zero-order chi connectivity index (χ0) is 15.5. The number of nitrogens with zero attached hydrogens (tertiary/aromatic N) is 1. The van der Waals surface area contributed by atoms with Gasteiger partial charge in [-0.3, -0.25) is 0 Å². The molecule has 2 rings (SSSR count). The minimum atomic E-state index is -4.74. The van der Waals surface area contributed by atoms with Crippen LogP contribution >= 0.6 is 0 Å². The predicted molar refractivity (Wildman–Crippen MR) is 67.6 cm³/mol. The van der Waals surface area contributed by atoms with E-state index in [1.165, 1.54) is 30.5 Å². The van der Waals surface area contributed by atoms with Crippen LogP contribution in [0.5, 0.6) is 5.75 Å². The molecule has 8 heteroatoms. The number of aromatic nitrogens is 1. The molecule has 5 nitrogen and oxygen atoms in total. The van der Waals surface area contributed by atoms with Crippen molar-refractivity contribution in [2.45, 2.75) is 6.36 Å². The molecule has 0 amide bonds. The third-order valence-corrected chi connectivity index (χ3v) is 2.37. The lowest BCUT2D eigenvalue weighted by Gasteiger charge is -2.10. The summed E-state index contributed by atoms with van der Waals surface area (Å²) in [4.78, 5) is 14.7. The maximum absolute atomic E-state index is 12.0. The van der Waals surface area contributed by atoms with Gasteiger partial charge in [0.25, 0.3) is 0 Å². The summed E-state index contributed by atoms with van der Waals surface area (Å²) in [7, 11) is 0. The molecule has 0 atom stereocenters. The van der Waals surface area contributed by atoms with E-state index >= 15 is 0 Å². The van der Waals surface area contributed by atoms with Gasteiger partial charge >= 0.3 is 12.3 Å². The van der Waals surface area contributed by atoms with Gasteiger partial charge in [0.2, 0.25) is 0 Å². The summed E-state index contributed by atoms with van der Waals surface area (Å²) in [6.45, 7) is 0. The maximum Gasteiger partial charge on any atom is 0.573 e. The Balaban J connectivity index is 2.10. The van der Waals surface area contributed by atoms with Gasteiger partial charge in [0.05, 0.1) is 5.56 Å². The summed E-state index contributed by atoms with van der Waals surface area (Å²) in [6.07, 6.45) is -3.43. The second-order valence-electron chi connectivity index (χ2n) is 3.93. The average Bonchev–Trinajstić information content (AvgIpc) is 2.40. The van der Waals surface area contributed by atoms with Crippen molar-refractivity contribution >= 4 is 17.5 Å². The first-order chi connectivity index (χ1) is 9.83. The van der Waals surface area contributed by atoms with E-state index in [0.717, 1.165) is 12.1 Å². The highest BCUT2D eigenvalue weighted by Crippen LogP contribution is 2.25. The molecule has 0 saturated carbocycles. The molecule has 110 valence electrons. The van der Waals surface area contributed by atoms with Crippen molar-refractivity contribution in [3.05, 3.63) is 48.2 Å². The Bertz CT molecular complexity index is 642. The third-order valence-electron chi connectivity index (χ3n) is 2.37. The van der Waals surface area contributed by atoms with Crippen LogP contribution in [0.15, 0.2) is 42.6 Å². The first kappa shape index (κ1) is 14.6. The lowest BCUT2D eigenvalue weighted by atomic mass is 10.2. The summed E-state index contributed by atoms with van der Waals surface area (Å²) in [6, 6.07) is 7.62. The summed E-state index contributed by atoms with van der Waals surface area (Å²) < 4.78 is 39.8. The molecule has 0 aliphatic rings. The molecule has 0 saturated heterocycles. The second-order valence-corrected chi connectivity index (χ2v) is 3.93. The van der Waals surface area contributed by atoms with Crippen molar-refractivity contribution in [1.82, 2.24) is 4.98 Å². The number of pyridine rings is 1. The highest BCUT2D eigenvalue weighted by atomic mass is 19.4. The highest BCUT2D eigenvalue weighted by molar-refractivity contribution is 5.88. The van der Waals surface area contributed by atoms with Gasteiger partial charge in [0, 0.05) is 11.9 Å². The zero-order valence-corrected chi connectivity index (χ0v) is 10.4. The fourth-order valence-electron chi connectivity index (χ4n) is 1.52. The van der Waals surface area contributed by atoms with Crippen LogP contribution in [-0.2, 0) is 0 Å². The lowest BCUT2D eigenvalue weighted by Crippen LogP contribution is -2.16. The van der Waals surface area contributed by atoms with Crippen molar-refractivity contribution in [1.29, 1.82) is 0 Å². The van der Waals surface area contributed by atoms with Gasteiger partial charge in [-0.2, -0.15) is 0 Å². The largest absolute Gasteiger partial charge is 0.573 e. The van der Waals surface area contributed by atoms with Crippen LogP contribution in [0.3, 0.4) is 0 Å². The predicted octanol–water partition coefficient (Wildman–Crippen LogP) is 3.42. The number of benzene rings is 1. The molecule has 0 aliphatic heterocycles. The topological polar surface area (TPSA) is 71.5 Å². The number of alkyl halides is 3. The van der Waals surface area contributed by atoms with Crippen LogP contribution in [0.25, 0.3) is 0 Å². The maximum atomic E-state index is 12.0. The molecule has 21 heavy (non-hydrogen) atoms. The molecule has 0 spiro atoms. The number of hydrogen-bond acceptors (Lipinski definition) is 4. The number of halogens is 3. The number of nitrogens with one attached hydrogen (secondary N) is 1. The number of anilines is 2. The van der Waals surface area contributed by atoms with E-state index < -0.39 is 12.3 Å². The molecule has 1 aromatic heterocycles. The van der Waals surface area contributed by atoms with Crippen LogP contribution in [0.1, 0.15) is 10.4 Å². The third kappa shape index (κ3) is 4.37. The van der Waals surface area contributed by atoms with Gasteiger partial charge in [-0.1, -0.05) is 0 Å². The van der Waals surface area contributed by atoms with E-state index in [9.17, 15) is 18.0 Å². The van der Waals surface area contributed by atoms with Crippen LogP contribution < -0.4 is 10.1 Å². The fourth-order valence-corrected chi connectivity index (χ4v) is 1.52. The SMILES string of the molecule is O=C(O)c1ccnc(Nc2ccc(OC(F)(F)F)cc2)c1. The van der Waals surface area contributed by atoms with E-state index in [4.69, 9.17) is 5.11 Å². The molecule has 0 radical (unpaired) electrons. The van der Waals surface area contributed by atoms with Crippen molar-refractivity contribution in [2.75, 3.05) is 5.32 Å². The van der Waals surface area contributed by atoms with Crippen LogP contribution in [-0.4, -0.2) is 22.4 Å². The number of carboxylic acid groups (broad SMARTS) is 1. The van der Waals surface area contributed by atoms with Gasteiger partial charge in [-0.25, -0.2) is 9.78 Å². The minimum Gasteiger partial charge on any atom is -0.478 e. The molecule has 2 aromatic rings. The Kier molecular flexibility index (Phi) is 3.97. The van der Waals surface area contributed by atoms with Crippen molar-refractivity contribution in [3.63, 3.8) is 0 Å². The van der Waals surface area contributed by atoms with E-state index in [2.05, 4.69) is 15.0 Å². The Morgan fingerprint density at radius 1 is 1.19 bits per heavy atom. The Hall–Kier alpha value is -2.77. The summed E-state index contributed by atoms with van der Waals surface area (Å²) in [5.74, 6) is -1.19. The van der Waals surface area contributed by atoms with E-state index in [1.807, 2.05) is 0 Å². The van der Waals surface area contributed by atoms with Gasteiger partial charge in [-0.15, -0.1) is 13.2 Å². The molecule has 1 heterocycles. The number of ether oxygens (including phenoxy) is 1. The number of carbonyl (C=O) groups is 1. The Morgan fingerprint density at radius 2 is 1.86 bits per heavy atom. The van der Waals surface area contributed by atoms with E-state index in [-0.39, 0.29) is 17.1 Å². The minimum absolute atomic E-state index is 0.0459. The van der Waals surface area contributed by atoms with Crippen molar-refractivity contribution in [2.24, 2.45) is 0 Å². The van der Waals surface area contributed by atoms with Gasteiger partial charge < -0.3 is 15.2 Å². The standard InChI is InChI=1S/C13H9F3N2O3/c14-13(15,16)21-10-3-1-9(2-4-10)18-11-7-8(12(19)20)5-6-17-11/h1-7H,(H,17,18)(H,19,20). The molecule has 0 aliphatic carbocycles. The Labute approximate surface area is 117 Å². The molecule has 2 N–H and O–H groups in total. The highest BCUT2D eigenvalue weighted by Gasteiger charge is 2.30. The fraction of sp³-hybridized carbons (Fsp3) is 0.0769. The quantitative estimate of drug-likeness (QED) is 0.905. The normalized spacial score (nSPS) is 11.0. The van der Waals surface area contributed by atoms with Crippen molar-refractivity contribution < 1.29 is 27.8 Å². The first-order valence-corrected chi connectivity index (χ1v) is 5.66. The summed E-state index contributed by atoms with van der Waals surface area (Å²) in [5.41, 5.74) is 0.490. The second kappa shape index (κ2) is 5.70. The number of rotatable bonds is 4. The Morgan fingerprint density at radius 3 is 2.43 bits per heavy atom. The average molecular weight is 298 g/mol. The van der Waals surface area contributed by atoms with Crippen molar-refractivity contribution in [3.8, 4) is 5.75 Å². The number of hydrogen-bond donors (Lipinski definition) is 2. The van der Waals surface area contributed by atoms with Gasteiger partial charge in [-0.05, 0) is 36.4 Å². The van der Waals surface area contributed by atoms with Crippen LogP contribution in [0, 0.1) is 0 Å². The van der Waals surface area contributed by atoms with Crippen LogP contribution in [0.4, 0.5) is 24.7 Å². The van der Waals surface area contributed by atoms with E-state index in [0.29, 0.717) is 5.69 Å². The zero-order valence-electron chi connectivity index (χ0n) is 10.4. The molecule has 0 unspecified atom stereocenters.